The lowest BCUT2D eigenvalue weighted by Gasteiger charge is -2.33. The molecule has 1 atom stereocenters. The molecule has 2 rings (SSSR count). The molecule has 0 heterocycles. The Morgan fingerprint density at radius 3 is 2.37 bits per heavy atom. The van der Waals surface area contributed by atoms with Crippen molar-refractivity contribution in [1.82, 2.24) is 10.2 Å². The van der Waals surface area contributed by atoms with Gasteiger partial charge in [0.2, 0.25) is 21.8 Å². The zero-order chi connectivity index (χ0) is 26.2. The average Bonchev–Trinajstić information content (AvgIpc) is 2.80. The van der Waals surface area contributed by atoms with Crippen LogP contribution in [0.5, 0.6) is 5.75 Å². The highest BCUT2D eigenvalue weighted by Gasteiger charge is 2.32. The van der Waals surface area contributed by atoms with Gasteiger partial charge in [0, 0.05) is 13.1 Å². The van der Waals surface area contributed by atoms with Crippen molar-refractivity contribution in [2.75, 3.05) is 30.8 Å². The number of methoxy groups -OCH3 is 1. The smallest absolute Gasteiger partial charge is 0.244 e. The van der Waals surface area contributed by atoms with Crippen molar-refractivity contribution in [3.63, 3.8) is 0 Å². The van der Waals surface area contributed by atoms with Crippen LogP contribution in [0.1, 0.15) is 32.8 Å². The van der Waals surface area contributed by atoms with Crippen molar-refractivity contribution in [2.24, 2.45) is 5.92 Å². The molecule has 0 radical (unpaired) electrons. The van der Waals surface area contributed by atoms with Gasteiger partial charge in [0.25, 0.3) is 0 Å². The van der Waals surface area contributed by atoms with Crippen molar-refractivity contribution in [1.29, 1.82) is 0 Å². The van der Waals surface area contributed by atoms with Gasteiger partial charge in [0.1, 0.15) is 24.2 Å². The molecule has 0 aliphatic carbocycles. The van der Waals surface area contributed by atoms with E-state index in [9.17, 15) is 22.4 Å². The molecule has 10 heteroatoms. The number of nitrogens with zero attached hydrogens (tertiary/aromatic N) is 2. The molecule has 2 aromatic carbocycles. The largest absolute Gasteiger partial charge is 0.497 e. The number of hydrogen-bond donors (Lipinski definition) is 1. The predicted molar refractivity (Wildman–Crippen MR) is 134 cm³/mol. The maximum absolute atomic E-state index is 14.5. The monoisotopic (exact) mass is 507 g/mol. The molecule has 0 aromatic heterocycles. The number of sulfonamides is 1. The highest BCUT2D eigenvalue weighted by molar-refractivity contribution is 7.92. The van der Waals surface area contributed by atoms with Crippen LogP contribution >= 0.6 is 0 Å². The Morgan fingerprint density at radius 1 is 1.11 bits per heavy atom. The first kappa shape index (κ1) is 28.1. The maximum Gasteiger partial charge on any atom is 0.244 e. The van der Waals surface area contributed by atoms with Gasteiger partial charge in [-0.15, -0.1) is 0 Å². The summed E-state index contributed by atoms with van der Waals surface area (Å²) in [5.74, 6) is -0.953. The first-order valence-corrected chi connectivity index (χ1v) is 13.2. The summed E-state index contributed by atoms with van der Waals surface area (Å²) in [5, 5.41) is 2.85. The predicted octanol–water partition coefficient (Wildman–Crippen LogP) is 3.18. The van der Waals surface area contributed by atoms with Crippen LogP contribution in [0.15, 0.2) is 48.5 Å². The second-order valence-electron chi connectivity index (χ2n) is 8.66. The van der Waals surface area contributed by atoms with E-state index in [0.29, 0.717) is 24.3 Å². The Morgan fingerprint density at radius 2 is 1.80 bits per heavy atom. The van der Waals surface area contributed by atoms with Crippen molar-refractivity contribution in [3.05, 3.63) is 59.9 Å². The topological polar surface area (TPSA) is 96.0 Å². The number of nitrogens with one attached hydrogen (secondary N) is 1. The fourth-order valence-corrected chi connectivity index (χ4v) is 4.41. The molecule has 2 aromatic rings. The number of carbonyl (C=O) groups is 2. The van der Waals surface area contributed by atoms with Crippen molar-refractivity contribution in [2.45, 2.75) is 39.8 Å². The van der Waals surface area contributed by atoms with Crippen LogP contribution in [0.25, 0.3) is 0 Å². The van der Waals surface area contributed by atoms with E-state index in [4.69, 9.17) is 4.74 Å². The zero-order valence-electron chi connectivity index (χ0n) is 20.8. The summed E-state index contributed by atoms with van der Waals surface area (Å²) in [5.41, 5.74) is 0.464. The maximum atomic E-state index is 14.5. The van der Waals surface area contributed by atoms with Gasteiger partial charge in [-0.05, 0) is 42.2 Å². The lowest BCUT2D eigenvalue weighted by atomic mass is 10.1. The fourth-order valence-electron chi connectivity index (χ4n) is 3.56. The summed E-state index contributed by atoms with van der Waals surface area (Å²) in [6.07, 6.45) is 1.21. The third kappa shape index (κ3) is 7.95. The van der Waals surface area contributed by atoms with E-state index in [1.165, 1.54) is 30.2 Å². The van der Waals surface area contributed by atoms with E-state index in [-0.39, 0.29) is 24.1 Å². The number of ether oxygens (including phenoxy) is 1. The third-order valence-corrected chi connectivity index (χ3v) is 6.48. The molecular formula is C25H34FN3O5S. The second kappa shape index (κ2) is 12.5. The molecule has 0 aliphatic rings. The van der Waals surface area contributed by atoms with E-state index in [1.54, 1.807) is 31.2 Å². The number of benzene rings is 2. The molecule has 0 bridgehead atoms. The van der Waals surface area contributed by atoms with Crippen LogP contribution in [0.3, 0.4) is 0 Å². The number of halogens is 1. The minimum atomic E-state index is -4.00. The number of para-hydroxylation sites is 1. The Bertz CT molecular complexity index is 1120. The van der Waals surface area contributed by atoms with E-state index in [1.807, 2.05) is 13.8 Å². The van der Waals surface area contributed by atoms with Crippen LogP contribution in [0.2, 0.25) is 0 Å². The van der Waals surface area contributed by atoms with Gasteiger partial charge in [0.05, 0.1) is 19.1 Å². The highest BCUT2D eigenvalue weighted by atomic mass is 32.2. The Balaban J connectivity index is 2.45. The Kier molecular flexibility index (Phi) is 10.1. The number of anilines is 1. The lowest BCUT2D eigenvalue weighted by Crippen LogP contribution is -2.52. The molecule has 0 unspecified atom stereocenters. The average molecular weight is 508 g/mol. The minimum absolute atomic E-state index is 0.0402. The molecule has 0 fully saturated rings. The van der Waals surface area contributed by atoms with Gasteiger partial charge >= 0.3 is 0 Å². The number of carbonyl (C=O) groups excluding carboxylic acids is 2. The summed E-state index contributed by atoms with van der Waals surface area (Å²) >= 11 is 0. The first-order valence-electron chi connectivity index (χ1n) is 11.4. The molecule has 0 aliphatic heterocycles. The van der Waals surface area contributed by atoms with E-state index >= 15 is 0 Å². The molecule has 1 N–H and O–H groups in total. The van der Waals surface area contributed by atoms with Crippen LogP contribution < -0.4 is 14.4 Å². The molecule has 35 heavy (non-hydrogen) atoms. The first-order chi connectivity index (χ1) is 16.5. The molecule has 8 nitrogen and oxygen atoms in total. The van der Waals surface area contributed by atoms with E-state index in [2.05, 4.69) is 5.32 Å². The lowest BCUT2D eigenvalue weighted by molar-refractivity contribution is -0.140. The Hall–Kier alpha value is -3.14. The number of amides is 2. The van der Waals surface area contributed by atoms with Gasteiger partial charge in [-0.2, -0.15) is 0 Å². The number of rotatable bonds is 12. The number of hydrogen-bond acceptors (Lipinski definition) is 5. The summed E-state index contributed by atoms with van der Waals surface area (Å²) in [7, 11) is -2.48. The summed E-state index contributed by atoms with van der Waals surface area (Å²) in [4.78, 5) is 27.9. The van der Waals surface area contributed by atoms with Gasteiger partial charge < -0.3 is 15.0 Å². The van der Waals surface area contributed by atoms with Crippen molar-refractivity contribution < 1.29 is 27.1 Å². The quantitative estimate of drug-likeness (QED) is 0.476. The fraction of sp³-hybridized carbons (Fsp3) is 0.440. The van der Waals surface area contributed by atoms with Crippen molar-refractivity contribution in [3.8, 4) is 5.75 Å². The van der Waals surface area contributed by atoms with Gasteiger partial charge in [0.15, 0.2) is 0 Å². The molecule has 0 saturated heterocycles. The zero-order valence-corrected chi connectivity index (χ0v) is 21.6. The van der Waals surface area contributed by atoms with Crippen LogP contribution in [0, 0.1) is 11.7 Å². The molecule has 2 amide bonds. The SMILES string of the molecule is CC[C@@H](C(=O)NCC(C)C)N(Cc1cccc(OC)c1)C(=O)CN(c1ccccc1F)S(C)(=O)=O. The van der Waals surface area contributed by atoms with Crippen LogP contribution in [0.4, 0.5) is 10.1 Å². The highest BCUT2D eigenvalue weighted by Crippen LogP contribution is 2.23. The minimum Gasteiger partial charge on any atom is -0.497 e. The van der Waals surface area contributed by atoms with E-state index < -0.39 is 34.3 Å². The summed E-state index contributed by atoms with van der Waals surface area (Å²) in [6.45, 7) is 5.51. The van der Waals surface area contributed by atoms with Crippen LogP contribution in [-0.2, 0) is 26.2 Å². The summed E-state index contributed by atoms with van der Waals surface area (Å²) in [6, 6.07) is 11.5. The Labute approximate surface area is 207 Å². The second-order valence-corrected chi connectivity index (χ2v) is 10.6. The third-order valence-electron chi connectivity index (χ3n) is 5.36. The molecular weight excluding hydrogens is 473 g/mol. The molecule has 192 valence electrons. The molecule has 0 saturated carbocycles. The standard InChI is InChI=1S/C25H34FN3O5S/c1-6-22(25(31)27-15-18(2)3)28(16-19-10-9-11-20(14-19)34-4)24(30)17-29(35(5,32)33)23-13-8-7-12-21(23)26/h7-14,18,22H,6,15-17H2,1-5H3,(H,27,31)/t22-/m0/s1. The van der Waals surface area contributed by atoms with Gasteiger partial charge in [-0.1, -0.05) is 45.0 Å². The van der Waals surface area contributed by atoms with Crippen molar-refractivity contribution >= 4 is 27.5 Å². The van der Waals surface area contributed by atoms with Gasteiger partial charge in [-0.3, -0.25) is 13.9 Å². The molecule has 0 spiro atoms. The summed E-state index contributed by atoms with van der Waals surface area (Å²) < 4.78 is 45.5. The van der Waals surface area contributed by atoms with E-state index in [0.717, 1.165) is 16.6 Å². The van der Waals surface area contributed by atoms with Gasteiger partial charge in [-0.25, -0.2) is 12.8 Å². The normalized spacial score (nSPS) is 12.2. The van der Waals surface area contributed by atoms with Crippen LogP contribution in [-0.4, -0.2) is 57.6 Å².